The third kappa shape index (κ3) is 2.72. The smallest absolute Gasteiger partial charge is 0.163 e. The van der Waals surface area contributed by atoms with Crippen molar-refractivity contribution < 1.29 is 4.74 Å². The van der Waals surface area contributed by atoms with Gasteiger partial charge in [0, 0.05) is 7.05 Å². The van der Waals surface area contributed by atoms with Crippen LogP contribution in [0.1, 0.15) is 19.3 Å². The first-order valence-electron chi connectivity index (χ1n) is 7.92. The van der Waals surface area contributed by atoms with Crippen LogP contribution < -0.4 is 10.1 Å². The van der Waals surface area contributed by atoms with E-state index in [1.54, 1.807) is 17.2 Å². The average molecular weight is 309 g/mol. The molecule has 1 fully saturated rings. The van der Waals surface area contributed by atoms with Crippen molar-refractivity contribution in [1.29, 1.82) is 0 Å². The van der Waals surface area contributed by atoms with Gasteiger partial charge in [-0.15, -0.1) is 0 Å². The Morgan fingerprint density at radius 3 is 2.91 bits per heavy atom. The van der Waals surface area contributed by atoms with Gasteiger partial charge in [0.15, 0.2) is 5.65 Å². The predicted octanol–water partition coefficient (Wildman–Crippen LogP) is 2.78. The average Bonchev–Trinajstić information content (AvgIpc) is 3.17. The molecule has 1 aliphatic rings. The lowest BCUT2D eigenvalue weighted by Crippen LogP contribution is -2.33. The van der Waals surface area contributed by atoms with Crippen LogP contribution in [0.3, 0.4) is 0 Å². The SMILES string of the molecule is Cn1ncc2c(NC3CCCC3Oc3ccccc3)ncnc21. The standard InChI is InChI=1S/C17H19N5O/c1-22-17-13(10-20-22)16(18-11-19-17)21-14-8-5-9-15(14)23-12-6-3-2-4-7-12/h2-4,6-7,10-11,14-15H,5,8-9H2,1H3,(H,18,19,21). The van der Waals surface area contributed by atoms with Gasteiger partial charge in [-0.1, -0.05) is 18.2 Å². The Morgan fingerprint density at radius 2 is 2.04 bits per heavy atom. The van der Waals surface area contributed by atoms with Crippen LogP contribution in [0.2, 0.25) is 0 Å². The van der Waals surface area contributed by atoms with Crippen molar-refractivity contribution in [3.05, 3.63) is 42.9 Å². The van der Waals surface area contributed by atoms with Crippen molar-refractivity contribution in [3.63, 3.8) is 0 Å². The van der Waals surface area contributed by atoms with E-state index in [2.05, 4.69) is 20.4 Å². The molecule has 0 amide bonds. The quantitative estimate of drug-likeness (QED) is 0.803. The summed E-state index contributed by atoms with van der Waals surface area (Å²) in [5.74, 6) is 1.75. The molecule has 0 spiro atoms. The highest BCUT2D eigenvalue weighted by Gasteiger charge is 2.29. The zero-order valence-corrected chi connectivity index (χ0v) is 13.0. The molecular formula is C17H19N5O. The van der Waals surface area contributed by atoms with Crippen molar-refractivity contribution in [2.24, 2.45) is 7.05 Å². The number of rotatable bonds is 4. The molecule has 0 bridgehead atoms. The van der Waals surface area contributed by atoms with E-state index >= 15 is 0 Å². The molecule has 0 saturated heterocycles. The largest absolute Gasteiger partial charge is 0.488 e. The minimum Gasteiger partial charge on any atom is -0.488 e. The monoisotopic (exact) mass is 309 g/mol. The fourth-order valence-corrected chi connectivity index (χ4v) is 3.16. The van der Waals surface area contributed by atoms with E-state index in [1.807, 2.05) is 37.4 Å². The number of aryl methyl sites for hydroxylation is 1. The van der Waals surface area contributed by atoms with Crippen molar-refractivity contribution in [1.82, 2.24) is 19.7 Å². The lowest BCUT2D eigenvalue weighted by molar-refractivity contribution is 0.198. The fourth-order valence-electron chi connectivity index (χ4n) is 3.16. The highest BCUT2D eigenvalue weighted by atomic mass is 16.5. The Bertz CT molecular complexity index is 801. The number of hydrogen-bond acceptors (Lipinski definition) is 5. The van der Waals surface area contributed by atoms with Crippen LogP contribution in [0.15, 0.2) is 42.9 Å². The topological polar surface area (TPSA) is 64.9 Å². The van der Waals surface area contributed by atoms with Gasteiger partial charge in [-0.2, -0.15) is 5.10 Å². The van der Waals surface area contributed by atoms with Crippen molar-refractivity contribution in [2.75, 3.05) is 5.32 Å². The van der Waals surface area contributed by atoms with Crippen molar-refractivity contribution in [3.8, 4) is 5.75 Å². The molecular weight excluding hydrogens is 290 g/mol. The molecule has 0 aliphatic heterocycles. The second-order valence-electron chi connectivity index (χ2n) is 5.88. The van der Waals surface area contributed by atoms with Crippen LogP contribution in [0.25, 0.3) is 11.0 Å². The number of anilines is 1. The van der Waals surface area contributed by atoms with Gasteiger partial charge in [-0.3, -0.25) is 4.68 Å². The maximum Gasteiger partial charge on any atom is 0.163 e. The first kappa shape index (κ1) is 14.0. The first-order valence-corrected chi connectivity index (χ1v) is 7.92. The predicted molar refractivity (Wildman–Crippen MR) is 88.4 cm³/mol. The van der Waals surface area contributed by atoms with Gasteiger partial charge in [0.1, 0.15) is 24.0 Å². The van der Waals surface area contributed by atoms with E-state index in [0.717, 1.165) is 41.9 Å². The normalized spacial score (nSPS) is 20.7. The second kappa shape index (κ2) is 5.87. The third-order valence-corrected chi connectivity index (χ3v) is 4.33. The molecule has 6 nitrogen and oxygen atoms in total. The summed E-state index contributed by atoms with van der Waals surface area (Å²) >= 11 is 0. The molecule has 4 rings (SSSR count). The van der Waals surface area contributed by atoms with E-state index in [4.69, 9.17) is 4.74 Å². The van der Waals surface area contributed by atoms with Crippen LogP contribution in [-0.2, 0) is 7.05 Å². The number of nitrogens with zero attached hydrogens (tertiary/aromatic N) is 4. The van der Waals surface area contributed by atoms with Gasteiger partial charge in [0.25, 0.3) is 0 Å². The van der Waals surface area contributed by atoms with Crippen molar-refractivity contribution in [2.45, 2.75) is 31.4 Å². The molecule has 1 N–H and O–H groups in total. The molecule has 118 valence electrons. The lowest BCUT2D eigenvalue weighted by atomic mass is 10.2. The molecule has 1 saturated carbocycles. The van der Waals surface area contributed by atoms with Gasteiger partial charge in [0.2, 0.25) is 0 Å². The van der Waals surface area contributed by atoms with Gasteiger partial charge < -0.3 is 10.1 Å². The number of hydrogen-bond donors (Lipinski definition) is 1. The summed E-state index contributed by atoms with van der Waals surface area (Å²) in [7, 11) is 1.88. The van der Waals surface area contributed by atoms with E-state index in [0.29, 0.717) is 0 Å². The van der Waals surface area contributed by atoms with Gasteiger partial charge in [-0.05, 0) is 31.4 Å². The van der Waals surface area contributed by atoms with E-state index in [9.17, 15) is 0 Å². The van der Waals surface area contributed by atoms with Gasteiger partial charge >= 0.3 is 0 Å². The lowest BCUT2D eigenvalue weighted by Gasteiger charge is -2.23. The number of fused-ring (bicyclic) bond motifs is 1. The summed E-state index contributed by atoms with van der Waals surface area (Å²) in [6, 6.07) is 10.2. The van der Waals surface area contributed by atoms with Crippen LogP contribution in [0.5, 0.6) is 5.75 Å². The Hall–Kier alpha value is -2.63. The van der Waals surface area contributed by atoms with Gasteiger partial charge in [0.05, 0.1) is 17.6 Å². The Kier molecular flexibility index (Phi) is 3.57. The number of nitrogens with one attached hydrogen (secondary N) is 1. The molecule has 1 aromatic carbocycles. The van der Waals surface area contributed by atoms with E-state index in [1.165, 1.54) is 0 Å². The van der Waals surface area contributed by atoms with Crippen LogP contribution in [0.4, 0.5) is 5.82 Å². The van der Waals surface area contributed by atoms with Crippen molar-refractivity contribution >= 4 is 16.9 Å². The maximum absolute atomic E-state index is 6.15. The number of aromatic nitrogens is 4. The first-order chi connectivity index (χ1) is 11.3. The fraction of sp³-hybridized carbons (Fsp3) is 0.353. The highest BCUT2D eigenvalue weighted by Crippen LogP contribution is 2.28. The number of benzene rings is 1. The Labute approximate surface area is 134 Å². The molecule has 2 heterocycles. The van der Waals surface area contributed by atoms with Gasteiger partial charge in [-0.25, -0.2) is 9.97 Å². The maximum atomic E-state index is 6.15. The molecule has 3 aromatic rings. The highest BCUT2D eigenvalue weighted by molar-refractivity contribution is 5.86. The van der Waals surface area contributed by atoms with Crippen LogP contribution in [0, 0.1) is 0 Å². The number of ether oxygens (including phenoxy) is 1. The minimum absolute atomic E-state index is 0.152. The molecule has 6 heteroatoms. The number of para-hydroxylation sites is 1. The van der Waals surface area contributed by atoms with E-state index < -0.39 is 0 Å². The molecule has 0 radical (unpaired) electrons. The molecule has 1 aliphatic carbocycles. The zero-order chi connectivity index (χ0) is 15.6. The Morgan fingerprint density at radius 1 is 1.17 bits per heavy atom. The molecule has 2 atom stereocenters. The summed E-state index contributed by atoms with van der Waals surface area (Å²) in [6.45, 7) is 0. The summed E-state index contributed by atoms with van der Waals surface area (Å²) in [5, 5.41) is 8.74. The van der Waals surface area contributed by atoms with E-state index in [-0.39, 0.29) is 12.1 Å². The summed E-state index contributed by atoms with van der Waals surface area (Å²) in [5.41, 5.74) is 0.834. The second-order valence-corrected chi connectivity index (χ2v) is 5.88. The summed E-state index contributed by atoms with van der Waals surface area (Å²) < 4.78 is 7.91. The summed E-state index contributed by atoms with van der Waals surface area (Å²) in [4.78, 5) is 8.67. The van der Waals surface area contributed by atoms with Crippen LogP contribution >= 0.6 is 0 Å². The minimum atomic E-state index is 0.152. The zero-order valence-electron chi connectivity index (χ0n) is 13.0. The molecule has 2 unspecified atom stereocenters. The molecule has 2 aromatic heterocycles. The molecule has 23 heavy (non-hydrogen) atoms. The summed E-state index contributed by atoms with van der Waals surface area (Å²) in [6.07, 6.45) is 6.81. The third-order valence-electron chi connectivity index (χ3n) is 4.33. The Balaban J connectivity index is 1.55. The van der Waals surface area contributed by atoms with Crippen LogP contribution in [-0.4, -0.2) is 31.9 Å².